The minimum atomic E-state index is -1.41. The molecule has 2 rings (SSSR count). The summed E-state index contributed by atoms with van der Waals surface area (Å²) < 4.78 is 5.26. The summed E-state index contributed by atoms with van der Waals surface area (Å²) in [6.45, 7) is 11.1. The van der Waals surface area contributed by atoms with Gasteiger partial charge in [-0.1, -0.05) is 13.8 Å². The van der Waals surface area contributed by atoms with Crippen molar-refractivity contribution in [2.24, 2.45) is 11.3 Å². The van der Waals surface area contributed by atoms with Crippen LogP contribution in [0, 0.1) is 11.3 Å². The predicted octanol–water partition coefficient (Wildman–Crippen LogP) is 1.03. The molecule has 3 atom stereocenters. The zero-order valence-corrected chi connectivity index (χ0v) is 17.0. The summed E-state index contributed by atoms with van der Waals surface area (Å²) in [5, 5.41) is 16.1. The third-order valence-corrected chi connectivity index (χ3v) is 4.82. The Hall–Kier alpha value is -1.83. The molecule has 3 unspecified atom stereocenters. The Morgan fingerprint density at radius 2 is 2.00 bits per heavy atom. The van der Waals surface area contributed by atoms with Crippen LogP contribution in [0.1, 0.15) is 53.9 Å². The van der Waals surface area contributed by atoms with Crippen molar-refractivity contribution in [2.45, 2.75) is 71.6 Å². The van der Waals surface area contributed by atoms with Gasteiger partial charge in [-0.3, -0.25) is 9.59 Å². The predicted molar refractivity (Wildman–Crippen MR) is 99.9 cm³/mol. The van der Waals surface area contributed by atoms with Crippen molar-refractivity contribution in [1.82, 2.24) is 15.5 Å². The van der Waals surface area contributed by atoms with Crippen LogP contribution in [0.3, 0.4) is 0 Å². The molecule has 0 radical (unpaired) electrons. The highest BCUT2D eigenvalue weighted by Crippen LogP contribution is 2.30. The molecule has 3 N–H and O–H groups in total. The van der Waals surface area contributed by atoms with E-state index in [-0.39, 0.29) is 23.7 Å². The molecule has 27 heavy (non-hydrogen) atoms. The maximum Gasteiger partial charge on any atom is 0.407 e. The molecule has 0 saturated carbocycles. The van der Waals surface area contributed by atoms with Crippen molar-refractivity contribution >= 4 is 17.9 Å². The van der Waals surface area contributed by atoms with E-state index in [1.165, 1.54) is 0 Å². The lowest BCUT2D eigenvalue weighted by Gasteiger charge is -2.47. The second kappa shape index (κ2) is 8.04. The number of rotatable bonds is 5. The number of piperidine rings is 1. The van der Waals surface area contributed by atoms with E-state index in [1.807, 2.05) is 13.8 Å². The van der Waals surface area contributed by atoms with E-state index in [2.05, 4.69) is 10.6 Å². The Labute approximate surface area is 161 Å². The molecule has 2 fully saturated rings. The summed E-state index contributed by atoms with van der Waals surface area (Å²) in [4.78, 5) is 38.5. The quantitative estimate of drug-likeness (QED) is 0.657. The number of amides is 3. The highest BCUT2D eigenvalue weighted by Gasteiger charge is 2.42. The third kappa shape index (κ3) is 6.09. The Kier molecular flexibility index (Phi) is 6.39. The molecule has 2 saturated heterocycles. The first-order chi connectivity index (χ1) is 12.4. The minimum Gasteiger partial charge on any atom is -0.444 e. The molecule has 2 aliphatic rings. The second-order valence-electron chi connectivity index (χ2n) is 9.42. The van der Waals surface area contributed by atoms with E-state index >= 15 is 0 Å². The van der Waals surface area contributed by atoms with Crippen molar-refractivity contribution in [1.29, 1.82) is 0 Å². The van der Waals surface area contributed by atoms with Gasteiger partial charge in [0.15, 0.2) is 6.10 Å². The average Bonchev–Trinajstić information content (AvgIpc) is 2.50. The summed E-state index contributed by atoms with van der Waals surface area (Å²) in [6, 6.07) is -0.884. The number of aliphatic hydroxyl groups is 1. The van der Waals surface area contributed by atoms with Gasteiger partial charge >= 0.3 is 6.09 Å². The summed E-state index contributed by atoms with van der Waals surface area (Å²) in [5.41, 5.74) is -0.667. The Balaban J connectivity index is 2.06. The van der Waals surface area contributed by atoms with E-state index in [0.717, 1.165) is 6.42 Å². The first-order valence-corrected chi connectivity index (χ1v) is 9.62. The van der Waals surface area contributed by atoms with E-state index in [1.54, 1.807) is 25.7 Å². The Bertz CT molecular complexity index is 576. The number of hydrogen-bond acceptors (Lipinski definition) is 5. The number of alkyl carbamates (subject to hydrolysis) is 1. The molecule has 8 nitrogen and oxygen atoms in total. The molecule has 0 spiro atoms. The van der Waals surface area contributed by atoms with Crippen LogP contribution in [-0.4, -0.2) is 65.3 Å². The van der Waals surface area contributed by atoms with Crippen LogP contribution in [0.5, 0.6) is 0 Å². The van der Waals surface area contributed by atoms with Gasteiger partial charge in [0.2, 0.25) is 5.91 Å². The van der Waals surface area contributed by atoms with E-state index < -0.39 is 29.7 Å². The maximum atomic E-state index is 12.6. The van der Waals surface area contributed by atoms with E-state index in [4.69, 9.17) is 4.74 Å². The molecule has 3 amide bonds. The van der Waals surface area contributed by atoms with Crippen LogP contribution in [0.4, 0.5) is 4.79 Å². The van der Waals surface area contributed by atoms with Crippen molar-refractivity contribution < 1.29 is 24.2 Å². The van der Waals surface area contributed by atoms with Crippen molar-refractivity contribution in [3.05, 3.63) is 0 Å². The summed E-state index contributed by atoms with van der Waals surface area (Å²) >= 11 is 0. The van der Waals surface area contributed by atoms with Crippen molar-refractivity contribution in [3.8, 4) is 0 Å². The number of hydrogen-bond donors (Lipinski definition) is 3. The molecule has 8 heteroatoms. The van der Waals surface area contributed by atoms with Crippen LogP contribution in [0.25, 0.3) is 0 Å². The van der Waals surface area contributed by atoms with Crippen LogP contribution in [-0.2, 0) is 14.3 Å². The standard InChI is InChI=1S/C19H33N3O5/c1-18(2,3)27-17(26)21-13(9-12-7-6-8-20-15(12)24)14(23)16(25)22-10-19(4,5)11-22/h12-14,23H,6-11H2,1-5H3,(H,20,24)(H,21,26). The van der Waals surface area contributed by atoms with Crippen LogP contribution >= 0.6 is 0 Å². The normalized spacial score (nSPS) is 24.3. The maximum absolute atomic E-state index is 12.6. The second-order valence-corrected chi connectivity index (χ2v) is 9.42. The van der Waals surface area contributed by atoms with Crippen molar-refractivity contribution in [3.63, 3.8) is 0 Å². The fraction of sp³-hybridized carbons (Fsp3) is 0.842. The van der Waals surface area contributed by atoms with Crippen LogP contribution in [0.2, 0.25) is 0 Å². The van der Waals surface area contributed by atoms with Gasteiger partial charge < -0.3 is 25.4 Å². The SMILES string of the molecule is CC1(C)CN(C(=O)C(O)C(CC2CCCNC2=O)NC(=O)OC(C)(C)C)C1. The number of carbonyl (C=O) groups is 3. The molecular weight excluding hydrogens is 350 g/mol. The van der Waals surface area contributed by atoms with Gasteiger partial charge in [0.05, 0.1) is 6.04 Å². The third-order valence-electron chi connectivity index (χ3n) is 4.82. The number of ether oxygens (including phenoxy) is 1. The van der Waals surface area contributed by atoms with Gasteiger partial charge in [-0.15, -0.1) is 0 Å². The minimum absolute atomic E-state index is 0.0345. The monoisotopic (exact) mass is 383 g/mol. The summed E-state index contributed by atoms with van der Waals surface area (Å²) in [6.07, 6.45) is -0.437. The fourth-order valence-corrected chi connectivity index (χ4v) is 3.59. The Morgan fingerprint density at radius 3 is 2.52 bits per heavy atom. The zero-order valence-electron chi connectivity index (χ0n) is 17.0. The average molecular weight is 383 g/mol. The fourth-order valence-electron chi connectivity index (χ4n) is 3.59. The largest absolute Gasteiger partial charge is 0.444 e. The summed E-state index contributed by atoms with van der Waals surface area (Å²) in [5.74, 6) is -0.887. The number of nitrogens with zero attached hydrogens (tertiary/aromatic N) is 1. The van der Waals surface area contributed by atoms with Crippen LogP contribution in [0.15, 0.2) is 0 Å². The number of likely N-dealkylation sites (tertiary alicyclic amines) is 1. The van der Waals surface area contributed by atoms with Gasteiger partial charge in [-0.25, -0.2) is 4.79 Å². The first kappa shape index (κ1) is 21.5. The molecule has 0 aromatic rings. The molecule has 2 aliphatic heterocycles. The van der Waals surface area contributed by atoms with Gasteiger partial charge in [0, 0.05) is 25.6 Å². The molecule has 2 heterocycles. The number of nitrogens with one attached hydrogen (secondary N) is 2. The van der Waals surface area contributed by atoms with Gasteiger partial charge in [-0.2, -0.15) is 0 Å². The smallest absolute Gasteiger partial charge is 0.407 e. The highest BCUT2D eigenvalue weighted by atomic mass is 16.6. The lowest BCUT2D eigenvalue weighted by molar-refractivity contribution is -0.152. The lowest BCUT2D eigenvalue weighted by atomic mass is 9.83. The topological polar surface area (TPSA) is 108 Å². The molecule has 154 valence electrons. The molecular formula is C19H33N3O5. The van der Waals surface area contributed by atoms with Gasteiger partial charge in [0.25, 0.3) is 5.91 Å². The lowest BCUT2D eigenvalue weighted by Crippen LogP contribution is -2.61. The molecule has 0 aromatic heterocycles. The van der Waals surface area contributed by atoms with E-state index in [9.17, 15) is 19.5 Å². The highest BCUT2D eigenvalue weighted by molar-refractivity contribution is 5.84. The van der Waals surface area contributed by atoms with Gasteiger partial charge in [-0.05, 0) is 45.4 Å². The van der Waals surface area contributed by atoms with Gasteiger partial charge in [0.1, 0.15) is 5.60 Å². The zero-order chi connectivity index (χ0) is 20.4. The number of carbonyl (C=O) groups excluding carboxylic acids is 3. The first-order valence-electron chi connectivity index (χ1n) is 9.62. The Morgan fingerprint density at radius 1 is 1.37 bits per heavy atom. The molecule has 0 bridgehead atoms. The molecule has 0 aromatic carbocycles. The number of aliphatic hydroxyl groups excluding tert-OH is 1. The van der Waals surface area contributed by atoms with Crippen molar-refractivity contribution in [2.75, 3.05) is 19.6 Å². The summed E-state index contributed by atoms with van der Waals surface area (Å²) in [7, 11) is 0. The molecule has 0 aliphatic carbocycles. The van der Waals surface area contributed by atoms with E-state index in [0.29, 0.717) is 26.1 Å². The van der Waals surface area contributed by atoms with Crippen LogP contribution < -0.4 is 10.6 Å².